The van der Waals surface area contributed by atoms with Crippen LogP contribution in [-0.2, 0) is 4.79 Å². The third-order valence-electron chi connectivity index (χ3n) is 2.38. The molecule has 0 aliphatic heterocycles. The van der Waals surface area contributed by atoms with Gasteiger partial charge in [-0.3, -0.25) is 0 Å². The molecule has 5 heteroatoms. The normalized spacial score (nSPS) is 13.3. The fourth-order valence-electron chi connectivity index (χ4n) is 1.31. The van der Waals surface area contributed by atoms with Crippen LogP contribution < -0.4 is 0 Å². The number of carboxylic acid groups (broad SMARTS) is 1. The quantitative estimate of drug-likeness (QED) is 0.771. The van der Waals surface area contributed by atoms with E-state index in [0.717, 1.165) is 8.88 Å². The number of aliphatic carboxylic acids is 1. The van der Waals surface area contributed by atoms with E-state index >= 15 is 0 Å². The van der Waals surface area contributed by atoms with Gasteiger partial charge in [-0.2, -0.15) is 0 Å². The van der Waals surface area contributed by atoms with Crippen molar-refractivity contribution in [2.24, 2.45) is 0 Å². The van der Waals surface area contributed by atoms with E-state index in [-0.39, 0.29) is 21.4 Å². The van der Waals surface area contributed by atoms with E-state index in [9.17, 15) is 10.1 Å². The predicted octanol–water partition coefficient (Wildman–Crippen LogP) is 1.60. The molecule has 0 saturated carbocycles. The van der Waals surface area contributed by atoms with Gasteiger partial charge in [-0.25, -0.2) is 0 Å². The van der Waals surface area contributed by atoms with Crippen molar-refractivity contribution in [2.75, 3.05) is 0 Å². The fourth-order valence-corrected chi connectivity index (χ4v) is 5.52. The van der Waals surface area contributed by atoms with E-state index in [4.69, 9.17) is 5.11 Å². The van der Waals surface area contributed by atoms with Crippen LogP contribution in [0.25, 0.3) is 0 Å². The first-order valence-corrected chi connectivity index (χ1v) is 7.95. The van der Waals surface area contributed by atoms with Crippen molar-refractivity contribution in [1.82, 2.24) is 0 Å². The first-order valence-electron chi connectivity index (χ1n) is 5.38. The number of benzene rings is 1. The first-order chi connectivity index (χ1) is 8.47. The maximum absolute atomic E-state index is 10.6. The average molecular weight is 373 g/mol. The molecule has 0 aliphatic carbocycles. The van der Waals surface area contributed by atoms with Crippen molar-refractivity contribution in [3.63, 3.8) is 0 Å². The van der Waals surface area contributed by atoms with E-state index < -0.39 is 10.3 Å². The van der Waals surface area contributed by atoms with Gasteiger partial charge in [0.1, 0.15) is 0 Å². The topological polar surface area (TPSA) is 61.1 Å². The SMILES string of the molecule is CC(C#N)(CCC(=O)O)[Se]C(=[Se])c1ccccc1. The van der Waals surface area contributed by atoms with Crippen LogP contribution in [-0.4, -0.2) is 44.9 Å². The van der Waals surface area contributed by atoms with Crippen LogP contribution >= 0.6 is 0 Å². The molecule has 1 aromatic rings. The van der Waals surface area contributed by atoms with Gasteiger partial charge in [0.2, 0.25) is 0 Å². The Kier molecular flexibility index (Phi) is 5.78. The zero-order chi connectivity index (χ0) is 13.6. The number of carboxylic acids is 1. The molecule has 0 fully saturated rings. The van der Waals surface area contributed by atoms with Crippen molar-refractivity contribution in [2.45, 2.75) is 24.1 Å². The molecule has 0 saturated heterocycles. The summed E-state index contributed by atoms with van der Waals surface area (Å²) in [6, 6.07) is 12.1. The Balaban J connectivity index is 2.72. The van der Waals surface area contributed by atoms with Gasteiger partial charge < -0.3 is 0 Å². The van der Waals surface area contributed by atoms with Gasteiger partial charge in [-0.1, -0.05) is 0 Å². The Labute approximate surface area is 121 Å². The molecule has 0 heterocycles. The molecule has 0 spiro atoms. The fraction of sp³-hybridized carbons (Fsp3) is 0.308. The summed E-state index contributed by atoms with van der Waals surface area (Å²) in [6.07, 6.45) is 0.421. The van der Waals surface area contributed by atoms with Gasteiger partial charge in [0.05, 0.1) is 0 Å². The van der Waals surface area contributed by atoms with Crippen LogP contribution in [0.15, 0.2) is 30.3 Å². The Hall–Kier alpha value is -0.911. The second kappa shape index (κ2) is 6.87. The Morgan fingerprint density at radius 3 is 2.61 bits per heavy atom. The van der Waals surface area contributed by atoms with Crippen LogP contribution in [0.2, 0.25) is 4.31 Å². The van der Waals surface area contributed by atoms with Gasteiger partial charge in [-0.15, -0.1) is 0 Å². The molecule has 1 atom stereocenters. The van der Waals surface area contributed by atoms with Crippen LogP contribution in [0.5, 0.6) is 0 Å². The van der Waals surface area contributed by atoms with E-state index in [1.54, 1.807) is 0 Å². The van der Waals surface area contributed by atoms with Crippen LogP contribution in [0.3, 0.4) is 0 Å². The van der Waals surface area contributed by atoms with Crippen molar-refractivity contribution < 1.29 is 9.90 Å². The molecule has 1 unspecified atom stereocenters. The Morgan fingerprint density at radius 1 is 1.50 bits per heavy atom. The molecular formula is C13H13NO2Se2. The van der Waals surface area contributed by atoms with Crippen molar-refractivity contribution in [3.05, 3.63) is 35.9 Å². The molecule has 0 amide bonds. The Morgan fingerprint density at radius 2 is 2.11 bits per heavy atom. The number of nitriles is 1. The minimum atomic E-state index is -0.853. The maximum atomic E-state index is 10.6. The third-order valence-corrected chi connectivity index (χ3v) is 6.23. The van der Waals surface area contributed by atoms with E-state index in [2.05, 4.69) is 21.6 Å². The van der Waals surface area contributed by atoms with Crippen LogP contribution in [0.1, 0.15) is 25.3 Å². The zero-order valence-corrected chi connectivity index (χ0v) is 13.3. The summed E-state index contributed by atoms with van der Waals surface area (Å²) in [7, 11) is 0. The van der Waals surface area contributed by atoms with Crippen molar-refractivity contribution in [3.8, 4) is 6.07 Å². The summed E-state index contributed by atoms with van der Waals surface area (Å²) < 4.78 is 0.472. The monoisotopic (exact) mass is 375 g/mol. The molecule has 1 rings (SSSR count). The molecule has 1 N–H and O–H groups in total. The van der Waals surface area contributed by atoms with E-state index in [0.29, 0.717) is 6.42 Å². The number of hydrogen-bond acceptors (Lipinski definition) is 2. The number of hydrogen-bond donors (Lipinski definition) is 1. The van der Waals surface area contributed by atoms with Gasteiger partial charge in [0.15, 0.2) is 0 Å². The molecule has 18 heavy (non-hydrogen) atoms. The van der Waals surface area contributed by atoms with Crippen molar-refractivity contribution in [1.29, 1.82) is 5.26 Å². The molecule has 0 radical (unpaired) electrons. The second-order valence-corrected chi connectivity index (χ2v) is 9.33. The van der Waals surface area contributed by atoms with Gasteiger partial charge in [-0.05, 0) is 0 Å². The number of nitrogens with zero attached hydrogens (tertiary/aromatic N) is 1. The summed E-state index contributed by atoms with van der Waals surface area (Å²) in [5.74, 6) is -0.853. The standard InChI is InChI=1S/C13H13NO2Se2/c1-13(9-14,8-7-11(15)16)18-12(17)10-5-3-2-4-6-10/h2-6H,7-8H2,1H3,(H,15,16). The van der Waals surface area contributed by atoms with Crippen LogP contribution in [0, 0.1) is 11.3 Å². The molecule has 3 nitrogen and oxygen atoms in total. The predicted molar refractivity (Wildman–Crippen MR) is 72.9 cm³/mol. The Bertz CT molecular complexity index is 482. The molecular weight excluding hydrogens is 360 g/mol. The molecule has 0 bridgehead atoms. The van der Waals surface area contributed by atoms with Crippen molar-refractivity contribution >= 4 is 39.8 Å². The summed E-state index contributed by atoms with van der Waals surface area (Å²) in [5, 5.41) is 17.9. The molecule has 94 valence electrons. The third kappa shape index (κ3) is 4.76. The second-order valence-electron chi connectivity index (χ2n) is 3.99. The number of carbonyl (C=O) groups is 1. The summed E-state index contributed by atoms with van der Waals surface area (Å²) in [4.78, 5) is 10.6. The first kappa shape index (κ1) is 15.1. The van der Waals surface area contributed by atoms with Crippen LogP contribution in [0.4, 0.5) is 0 Å². The summed E-state index contributed by atoms with van der Waals surface area (Å²) >= 11 is 2.93. The summed E-state index contributed by atoms with van der Waals surface area (Å²) in [5.41, 5.74) is 1.08. The van der Waals surface area contributed by atoms with Gasteiger partial charge in [0.25, 0.3) is 0 Å². The molecule has 1 aromatic carbocycles. The number of rotatable bonds is 6. The van der Waals surface area contributed by atoms with Gasteiger partial charge in [0, 0.05) is 0 Å². The van der Waals surface area contributed by atoms with E-state index in [1.807, 2.05) is 37.3 Å². The van der Waals surface area contributed by atoms with E-state index in [1.165, 1.54) is 0 Å². The zero-order valence-electron chi connectivity index (χ0n) is 9.92. The molecule has 0 aromatic heterocycles. The molecule has 0 aliphatic rings. The average Bonchev–Trinajstić information content (AvgIpc) is 2.37. The minimum absolute atomic E-state index is 0.0356. The summed E-state index contributed by atoms with van der Waals surface area (Å²) in [6.45, 7) is 1.83. The van der Waals surface area contributed by atoms with Gasteiger partial charge >= 0.3 is 121 Å².